The number of Topliss-reactive ketones (excluding diaryl/α,β-unsaturated/α-hetero) is 1. The maximum absolute atomic E-state index is 12.9. The van der Waals surface area contributed by atoms with Gasteiger partial charge in [0.1, 0.15) is 13.1 Å². The molecule has 2 aliphatic rings. The first kappa shape index (κ1) is 16.5. The summed E-state index contributed by atoms with van der Waals surface area (Å²) in [4.78, 5) is 12.9. The Morgan fingerprint density at radius 1 is 0.880 bits per heavy atom. The molecular weight excluding hydrogens is 306 g/mol. The van der Waals surface area contributed by atoms with Gasteiger partial charge < -0.3 is 4.48 Å². The van der Waals surface area contributed by atoms with E-state index in [2.05, 4.69) is 48.5 Å². The van der Waals surface area contributed by atoms with Gasteiger partial charge in [0, 0.05) is 24.8 Å². The van der Waals surface area contributed by atoms with Crippen molar-refractivity contribution in [1.82, 2.24) is 0 Å². The second kappa shape index (κ2) is 7.13. The second-order valence-electron chi connectivity index (χ2n) is 7.92. The Bertz CT molecular complexity index is 744. The molecule has 1 fully saturated rings. The average Bonchev–Trinajstić information content (AvgIpc) is 3.26. The van der Waals surface area contributed by atoms with Crippen LogP contribution in [-0.4, -0.2) is 29.9 Å². The molecule has 1 saturated heterocycles. The van der Waals surface area contributed by atoms with Crippen molar-refractivity contribution in [3.63, 3.8) is 0 Å². The van der Waals surface area contributed by atoms with E-state index < -0.39 is 0 Å². The smallest absolute Gasteiger partial charge is 0.191 e. The van der Waals surface area contributed by atoms with Gasteiger partial charge in [-0.25, -0.2) is 0 Å². The third kappa shape index (κ3) is 3.69. The third-order valence-corrected chi connectivity index (χ3v) is 6.02. The fraction of sp³-hybridized carbons (Fsp3) is 0.435. The number of quaternary nitrogens is 1. The number of hydrogen-bond acceptors (Lipinski definition) is 1. The van der Waals surface area contributed by atoms with E-state index in [1.165, 1.54) is 47.9 Å². The number of hydrogen-bond donors (Lipinski definition) is 0. The van der Waals surface area contributed by atoms with Crippen LogP contribution < -0.4 is 0 Å². The lowest BCUT2D eigenvalue weighted by Crippen LogP contribution is -2.48. The van der Waals surface area contributed by atoms with Crippen molar-refractivity contribution in [1.29, 1.82) is 0 Å². The van der Waals surface area contributed by atoms with E-state index in [4.69, 9.17) is 0 Å². The normalized spacial score (nSPS) is 18.2. The minimum Gasteiger partial charge on any atom is -0.314 e. The monoisotopic (exact) mass is 334 g/mol. The lowest BCUT2D eigenvalue weighted by molar-refractivity contribution is -0.922. The Balaban J connectivity index is 1.47. The zero-order valence-electron chi connectivity index (χ0n) is 15.0. The molecule has 0 spiro atoms. The maximum atomic E-state index is 12.9. The minimum absolute atomic E-state index is 0.415. The van der Waals surface area contributed by atoms with Gasteiger partial charge in [0.05, 0.1) is 13.1 Å². The highest BCUT2D eigenvalue weighted by atomic mass is 16.1. The molecular formula is C23H28NO+. The predicted octanol–water partition coefficient (Wildman–Crippen LogP) is 4.10. The van der Waals surface area contributed by atoms with Crippen LogP contribution in [0.3, 0.4) is 0 Å². The number of fused-ring (bicyclic) bond motifs is 1. The molecule has 2 nitrogen and oxygen atoms in total. The topological polar surface area (TPSA) is 17.1 Å². The van der Waals surface area contributed by atoms with Gasteiger partial charge in [0.15, 0.2) is 5.78 Å². The molecule has 0 atom stereocenters. The number of benzene rings is 2. The molecule has 2 aromatic rings. The van der Waals surface area contributed by atoms with E-state index in [0.29, 0.717) is 18.7 Å². The van der Waals surface area contributed by atoms with Crippen LogP contribution in [0, 0.1) is 0 Å². The van der Waals surface area contributed by atoms with E-state index in [0.717, 1.165) is 30.5 Å². The first-order valence-corrected chi connectivity index (χ1v) is 9.75. The highest BCUT2D eigenvalue weighted by Crippen LogP contribution is 2.27. The van der Waals surface area contributed by atoms with Crippen molar-refractivity contribution in [2.75, 3.05) is 19.6 Å². The van der Waals surface area contributed by atoms with E-state index >= 15 is 0 Å². The molecule has 0 saturated carbocycles. The second-order valence-corrected chi connectivity index (χ2v) is 7.92. The molecule has 1 heterocycles. The van der Waals surface area contributed by atoms with Gasteiger partial charge in [-0.1, -0.05) is 48.5 Å². The SMILES string of the molecule is O=C(Cc1cccc2c1CCC2)C[N+]1(Cc2ccccc2)CCCC1. The van der Waals surface area contributed by atoms with Crippen LogP contribution >= 0.6 is 0 Å². The molecule has 2 aromatic carbocycles. The van der Waals surface area contributed by atoms with Gasteiger partial charge >= 0.3 is 0 Å². The Morgan fingerprint density at radius 2 is 1.68 bits per heavy atom. The number of rotatable bonds is 6. The van der Waals surface area contributed by atoms with Gasteiger partial charge in [-0.15, -0.1) is 0 Å². The van der Waals surface area contributed by atoms with Gasteiger partial charge in [0.2, 0.25) is 0 Å². The summed E-state index contributed by atoms with van der Waals surface area (Å²) < 4.78 is 0.956. The molecule has 0 aromatic heterocycles. The number of ketones is 1. The minimum atomic E-state index is 0.415. The fourth-order valence-electron chi connectivity index (χ4n) is 4.86. The molecule has 4 rings (SSSR count). The summed E-state index contributed by atoms with van der Waals surface area (Å²) in [6, 6.07) is 17.2. The Morgan fingerprint density at radius 3 is 2.48 bits per heavy atom. The first-order valence-electron chi connectivity index (χ1n) is 9.75. The van der Waals surface area contributed by atoms with Crippen LogP contribution in [0.15, 0.2) is 48.5 Å². The molecule has 0 radical (unpaired) electrons. The van der Waals surface area contributed by atoms with Crippen LogP contribution in [0.5, 0.6) is 0 Å². The highest BCUT2D eigenvalue weighted by Gasteiger charge is 2.34. The predicted molar refractivity (Wildman–Crippen MR) is 101 cm³/mol. The molecule has 0 unspecified atom stereocenters. The van der Waals surface area contributed by atoms with Crippen molar-refractivity contribution in [2.24, 2.45) is 0 Å². The number of aryl methyl sites for hydroxylation is 1. The van der Waals surface area contributed by atoms with Gasteiger partial charge in [0.25, 0.3) is 0 Å². The summed E-state index contributed by atoms with van der Waals surface area (Å²) in [5.74, 6) is 0.415. The summed E-state index contributed by atoms with van der Waals surface area (Å²) in [7, 11) is 0. The Kier molecular flexibility index (Phi) is 4.72. The molecule has 0 amide bonds. The number of likely N-dealkylation sites (tertiary alicyclic amines) is 1. The van der Waals surface area contributed by atoms with Gasteiger partial charge in [-0.3, -0.25) is 4.79 Å². The summed E-state index contributed by atoms with van der Waals surface area (Å²) in [6.45, 7) is 3.99. The molecule has 2 heteroatoms. The van der Waals surface area contributed by atoms with E-state index in [-0.39, 0.29) is 0 Å². The molecule has 1 aliphatic carbocycles. The first-order chi connectivity index (χ1) is 12.2. The molecule has 25 heavy (non-hydrogen) atoms. The summed E-state index contributed by atoms with van der Waals surface area (Å²) in [6.07, 6.45) is 6.71. The standard InChI is InChI=1S/C23H28NO/c25-22(16-21-12-6-10-20-11-7-13-23(20)21)18-24(14-4-5-15-24)17-19-8-2-1-3-9-19/h1-3,6,8-10,12H,4-5,7,11,13-18H2/q+1. The highest BCUT2D eigenvalue weighted by molar-refractivity contribution is 5.82. The van der Waals surface area contributed by atoms with E-state index in [1.807, 2.05) is 0 Å². The fourth-order valence-corrected chi connectivity index (χ4v) is 4.86. The third-order valence-electron chi connectivity index (χ3n) is 6.02. The van der Waals surface area contributed by atoms with Gasteiger partial charge in [-0.05, 0) is 36.0 Å². The molecule has 0 bridgehead atoms. The summed E-state index contributed by atoms with van der Waals surface area (Å²) in [5, 5.41) is 0. The molecule has 130 valence electrons. The van der Waals surface area contributed by atoms with Crippen LogP contribution in [0.1, 0.15) is 41.5 Å². The lowest BCUT2D eigenvalue weighted by Gasteiger charge is -2.33. The average molecular weight is 334 g/mol. The maximum Gasteiger partial charge on any atom is 0.191 e. The van der Waals surface area contributed by atoms with E-state index in [9.17, 15) is 4.79 Å². The number of carbonyl (C=O) groups excluding carboxylic acids is 1. The quantitative estimate of drug-likeness (QED) is 0.727. The zero-order valence-corrected chi connectivity index (χ0v) is 15.0. The lowest BCUT2D eigenvalue weighted by atomic mass is 9.98. The van der Waals surface area contributed by atoms with Crippen LogP contribution in [-0.2, 0) is 30.6 Å². The number of carbonyl (C=O) groups is 1. The summed E-state index contributed by atoms with van der Waals surface area (Å²) in [5.41, 5.74) is 5.58. The van der Waals surface area contributed by atoms with Crippen molar-refractivity contribution >= 4 is 5.78 Å². The number of nitrogens with zero attached hydrogens (tertiary/aromatic N) is 1. The Labute approximate surface area is 151 Å². The van der Waals surface area contributed by atoms with Crippen molar-refractivity contribution in [3.8, 4) is 0 Å². The van der Waals surface area contributed by atoms with Crippen molar-refractivity contribution < 1.29 is 9.28 Å². The summed E-state index contributed by atoms with van der Waals surface area (Å²) >= 11 is 0. The van der Waals surface area contributed by atoms with Crippen LogP contribution in [0.2, 0.25) is 0 Å². The van der Waals surface area contributed by atoms with Crippen LogP contribution in [0.25, 0.3) is 0 Å². The van der Waals surface area contributed by atoms with E-state index in [1.54, 1.807) is 0 Å². The molecule has 1 aliphatic heterocycles. The largest absolute Gasteiger partial charge is 0.314 e. The van der Waals surface area contributed by atoms with Crippen molar-refractivity contribution in [3.05, 3.63) is 70.8 Å². The van der Waals surface area contributed by atoms with Crippen LogP contribution in [0.4, 0.5) is 0 Å². The van der Waals surface area contributed by atoms with Gasteiger partial charge in [-0.2, -0.15) is 0 Å². The molecule has 0 N–H and O–H groups in total. The van der Waals surface area contributed by atoms with Crippen molar-refractivity contribution in [2.45, 2.75) is 45.1 Å². The Hall–Kier alpha value is -1.93. The zero-order chi connectivity index (χ0) is 17.1.